The predicted molar refractivity (Wildman–Crippen MR) is 119 cm³/mol. The molecule has 1 aromatic rings. The molecule has 0 aliphatic heterocycles. The van der Waals surface area contributed by atoms with E-state index in [0.717, 1.165) is 5.56 Å². The molecule has 188 valence electrons. The third-order valence-corrected chi connectivity index (χ3v) is 4.81. The van der Waals surface area contributed by atoms with Gasteiger partial charge in [0.15, 0.2) is 0 Å². The summed E-state index contributed by atoms with van der Waals surface area (Å²) in [5.41, 5.74) is 11.7. The van der Waals surface area contributed by atoms with Gasteiger partial charge in [0.1, 0.15) is 18.1 Å². The molecule has 0 heterocycles. The van der Waals surface area contributed by atoms with Crippen molar-refractivity contribution in [3.8, 4) is 0 Å². The number of carbonyl (C=O) groups is 5. The second-order valence-corrected chi connectivity index (χ2v) is 7.67. The fourth-order valence-corrected chi connectivity index (χ4v) is 2.90. The molecule has 0 saturated heterocycles. The van der Waals surface area contributed by atoms with Gasteiger partial charge in [-0.1, -0.05) is 30.3 Å². The minimum absolute atomic E-state index is 0.171. The molecule has 0 radical (unpaired) electrons. The number of benzene rings is 1. The number of aliphatic hydroxyl groups excluding tert-OH is 2. The lowest BCUT2D eigenvalue weighted by atomic mass is 10.0. The summed E-state index contributed by atoms with van der Waals surface area (Å²) in [6.45, 7) is 0.319. The van der Waals surface area contributed by atoms with Crippen LogP contribution in [-0.2, 0) is 30.4 Å². The van der Waals surface area contributed by atoms with Gasteiger partial charge in [0.2, 0.25) is 23.6 Å². The van der Waals surface area contributed by atoms with Crippen molar-refractivity contribution in [1.82, 2.24) is 16.0 Å². The van der Waals surface area contributed by atoms with Crippen molar-refractivity contribution in [3.05, 3.63) is 35.9 Å². The predicted octanol–water partition coefficient (Wildman–Crippen LogP) is -3.27. The summed E-state index contributed by atoms with van der Waals surface area (Å²) in [6, 6.07) is 3.25. The molecule has 0 aliphatic rings. The number of nitrogens with two attached hydrogens (primary N) is 2. The van der Waals surface area contributed by atoms with Crippen molar-refractivity contribution >= 4 is 29.6 Å². The van der Waals surface area contributed by atoms with Gasteiger partial charge in [0, 0.05) is 6.42 Å². The minimum Gasteiger partial charge on any atom is -0.480 e. The molecule has 4 amide bonds. The number of carbonyl (C=O) groups excluding carboxylic acids is 4. The molecule has 0 spiro atoms. The molecule has 0 bridgehead atoms. The number of nitrogens with one attached hydrogen (secondary N) is 3. The fourth-order valence-electron chi connectivity index (χ4n) is 2.90. The van der Waals surface area contributed by atoms with Crippen LogP contribution >= 0.6 is 0 Å². The highest BCUT2D eigenvalue weighted by atomic mass is 16.4. The van der Waals surface area contributed by atoms with Crippen LogP contribution in [0.5, 0.6) is 0 Å². The second-order valence-electron chi connectivity index (χ2n) is 7.67. The van der Waals surface area contributed by atoms with Crippen molar-refractivity contribution in [3.63, 3.8) is 0 Å². The van der Waals surface area contributed by atoms with Gasteiger partial charge in [-0.05, 0) is 25.3 Å². The Labute approximate surface area is 195 Å². The topological polar surface area (TPSA) is 234 Å². The standard InChI is InChI=1S/C21H31N5O8/c1-11(28)17(26-18(30)13(22)9-12-5-3-2-4-6-12)20(32)25-15(10-27)19(31)24-14(21(33)34)7-8-16(23)29/h2-6,11,13-15,17,27-28H,7-10,22H2,1H3,(H2,23,29)(H,24,31)(H,25,32)(H,26,30)(H,33,34). The number of carboxylic acids is 1. The monoisotopic (exact) mass is 481 g/mol. The van der Waals surface area contributed by atoms with Crippen LogP contribution in [-0.4, -0.2) is 81.8 Å². The summed E-state index contributed by atoms with van der Waals surface area (Å²) >= 11 is 0. The highest BCUT2D eigenvalue weighted by Crippen LogP contribution is 2.04. The Morgan fingerprint density at radius 2 is 1.53 bits per heavy atom. The van der Waals surface area contributed by atoms with Crippen LogP contribution in [0.3, 0.4) is 0 Å². The molecule has 5 atom stereocenters. The highest BCUT2D eigenvalue weighted by Gasteiger charge is 2.32. The van der Waals surface area contributed by atoms with Gasteiger partial charge < -0.3 is 42.7 Å². The van der Waals surface area contributed by atoms with Crippen molar-refractivity contribution in [2.45, 2.75) is 56.5 Å². The maximum Gasteiger partial charge on any atom is 0.326 e. The summed E-state index contributed by atoms with van der Waals surface area (Å²) in [7, 11) is 0. The smallest absolute Gasteiger partial charge is 0.326 e. The van der Waals surface area contributed by atoms with Gasteiger partial charge in [0.05, 0.1) is 18.8 Å². The Hall–Kier alpha value is -3.55. The summed E-state index contributed by atoms with van der Waals surface area (Å²) in [6.07, 6.45) is -1.83. The fraction of sp³-hybridized carbons (Fsp3) is 0.476. The molecule has 0 aliphatic carbocycles. The summed E-state index contributed by atoms with van der Waals surface area (Å²) in [5, 5.41) is 35.2. The molecule has 10 N–H and O–H groups in total. The van der Waals surface area contributed by atoms with Crippen LogP contribution < -0.4 is 27.4 Å². The van der Waals surface area contributed by atoms with Crippen LogP contribution in [0.1, 0.15) is 25.3 Å². The molecule has 1 aromatic carbocycles. The average Bonchev–Trinajstić information content (AvgIpc) is 2.77. The zero-order chi connectivity index (χ0) is 25.8. The Morgan fingerprint density at radius 3 is 2.03 bits per heavy atom. The third-order valence-electron chi connectivity index (χ3n) is 4.81. The van der Waals surface area contributed by atoms with E-state index in [2.05, 4.69) is 16.0 Å². The number of rotatable bonds is 14. The minimum atomic E-state index is -1.60. The Balaban J connectivity index is 2.79. The maximum absolute atomic E-state index is 12.6. The van der Waals surface area contributed by atoms with Crippen LogP contribution in [0.25, 0.3) is 0 Å². The normalized spacial score (nSPS) is 15.2. The Morgan fingerprint density at radius 1 is 0.941 bits per heavy atom. The van der Waals surface area contributed by atoms with E-state index in [0.29, 0.717) is 0 Å². The molecule has 13 heteroatoms. The third kappa shape index (κ3) is 9.52. The van der Waals surface area contributed by atoms with Crippen LogP contribution in [0.4, 0.5) is 0 Å². The highest BCUT2D eigenvalue weighted by molar-refractivity contribution is 5.94. The SMILES string of the molecule is CC(O)C(NC(=O)C(N)Cc1ccccc1)C(=O)NC(CO)C(=O)NC(CCC(N)=O)C(=O)O. The second kappa shape index (κ2) is 13.9. The van der Waals surface area contributed by atoms with Gasteiger partial charge in [-0.3, -0.25) is 19.2 Å². The summed E-state index contributed by atoms with van der Waals surface area (Å²) in [5.74, 6) is -5.00. The number of carboxylic acid groups (broad SMARTS) is 1. The first-order chi connectivity index (χ1) is 16.0. The quantitative estimate of drug-likeness (QED) is 0.133. The van der Waals surface area contributed by atoms with Crippen LogP contribution in [0, 0.1) is 0 Å². The van der Waals surface area contributed by atoms with Crippen molar-refractivity contribution in [2.24, 2.45) is 11.5 Å². The molecule has 13 nitrogen and oxygen atoms in total. The Bertz CT molecular complexity index is 864. The van der Waals surface area contributed by atoms with E-state index in [1.807, 2.05) is 0 Å². The van der Waals surface area contributed by atoms with E-state index < -0.39 is 66.5 Å². The van der Waals surface area contributed by atoms with Crippen molar-refractivity contribution < 1.29 is 39.3 Å². The lowest BCUT2D eigenvalue weighted by molar-refractivity contribution is -0.143. The zero-order valence-electron chi connectivity index (χ0n) is 18.6. The molecule has 0 fully saturated rings. The summed E-state index contributed by atoms with van der Waals surface area (Å²) in [4.78, 5) is 59.6. The van der Waals surface area contributed by atoms with E-state index in [1.165, 1.54) is 6.92 Å². The number of hydrogen-bond donors (Lipinski definition) is 8. The number of aliphatic hydroxyl groups is 2. The van der Waals surface area contributed by atoms with Gasteiger partial charge in [-0.15, -0.1) is 0 Å². The first-order valence-corrected chi connectivity index (χ1v) is 10.5. The molecule has 0 aromatic heterocycles. The first-order valence-electron chi connectivity index (χ1n) is 10.5. The molecule has 0 saturated carbocycles. The number of aliphatic carboxylic acids is 1. The number of hydrogen-bond acceptors (Lipinski definition) is 8. The van der Waals surface area contributed by atoms with Gasteiger partial charge >= 0.3 is 5.97 Å². The van der Waals surface area contributed by atoms with Crippen LogP contribution in [0.15, 0.2) is 30.3 Å². The lowest BCUT2D eigenvalue weighted by Crippen LogP contribution is -2.60. The first kappa shape index (κ1) is 28.5. The maximum atomic E-state index is 12.6. The van der Waals surface area contributed by atoms with E-state index >= 15 is 0 Å². The van der Waals surface area contributed by atoms with E-state index in [4.69, 9.17) is 11.5 Å². The summed E-state index contributed by atoms with van der Waals surface area (Å²) < 4.78 is 0. The van der Waals surface area contributed by atoms with Gasteiger partial charge in [-0.25, -0.2) is 4.79 Å². The van der Waals surface area contributed by atoms with Gasteiger partial charge in [-0.2, -0.15) is 0 Å². The van der Waals surface area contributed by atoms with Crippen LogP contribution in [0.2, 0.25) is 0 Å². The Kier molecular flexibility index (Phi) is 11.6. The molecule has 5 unspecified atom stereocenters. The molecular formula is C21H31N5O8. The molecule has 1 rings (SSSR count). The number of primary amides is 1. The zero-order valence-corrected chi connectivity index (χ0v) is 18.6. The van der Waals surface area contributed by atoms with E-state index in [-0.39, 0.29) is 19.3 Å². The van der Waals surface area contributed by atoms with Gasteiger partial charge in [0.25, 0.3) is 0 Å². The molecular weight excluding hydrogens is 450 g/mol. The molecule has 34 heavy (non-hydrogen) atoms. The number of amides is 4. The van der Waals surface area contributed by atoms with E-state index in [1.54, 1.807) is 30.3 Å². The van der Waals surface area contributed by atoms with E-state index in [9.17, 15) is 39.3 Å². The average molecular weight is 482 g/mol. The van der Waals surface area contributed by atoms with Crippen molar-refractivity contribution in [2.75, 3.05) is 6.61 Å². The lowest BCUT2D eigenvalue weighted by Gasteiger charge is -2.25. The largest absolute Gasteiger partial charge is 0.480 e. The van der Waals surface area contributed by atoms with Crippen molar-refractivity contribution in [1.29, 1.82) is 0 Å².